The number of furan rings is 1. The number of aryl methyl sites for hydroxylation is 1. The van der Waals surface area contributed by atoms with E-state index in [1.807, 2.05) is 32.0 Å². The summed E-state index contributed by atoms with van der Waals surface area (Å²) >= 11 is 1.50. The van der Waals surface area contributed by atoms with E-state index in [0.29, 0.717) is 5.58 Å². The third-order valence-electron chi connectivity index (χ3n) is 2.35. The van der Waals surface area contributed by atoms with Crippen LogP contribution in [0.15, 0.2) is 27.5 Å². The maximum atomic E-state index is 11.1. The molecular formula is C12H12O3S. The molecule has 0 unspecified atom stereocenters. The van der Waals surface area contributed by atoms with Gasteiger partial charge < -0.3 is 9.52 Å². The number of para-hydroxylation sites is 1. The first-order valence-electron chi connectivity index (χ1n) is 5.03. The summed E-state index contributed by atoms with van der Waals surface area (Å²) in [6, 6.07) is 5.73. The standard InChI is InChI=1S/C12H12O3S/c1-3-16-11-8-6-4-5-7(2)9(8)15-10(11)12(13)14/h4-6H,3H2,1-2H3,(H,13,14). The summed E-state index contributed by atoms with van der Waals surface area (Å²) in [5.41, 5.74) is 1.64. The highest BCUT2D eigenvalue weighted by molar-refractivity contribution is 7.99. The van der Waals surface area contributed by atoms with Crippen LogP contribution >= 0.6 is 11.8 Å². The van der Waals surface area contributed by atoms with Crippen LogP contribution in [0, 0.1) is 6.92 Å². The van der Waals surface area contributed by atoms with Crippen molar-refractivity contribution in [2.45, 2.75) is 18.7 Å². The third-order valence-corrected chi connectivity index (χ3v) is 3.33. The molecule has 0 spiro atoms. The van der Waals surface area contributed by atoms with Gasteiger partial charge in [0.1, 0.15) is 5.58 Å². The Balaban J connectivity index is 2.75. The number of benzene rings is 1. The topological polar surface area (TPSA) is 50.4 Å². The third kappa shape index (κ3) is 1.69. The maximum absolute atomic E-state index is 11.1. The summed E-state index contributed by atoms with van der Waals surface area (Å²) in [6.45, 7) is 3.91. The molecule has 0 aliphatic rings. The fourth-order valence-corrected chi connectivity index (χ4v) is 2.53. The Labute approximate surface area is 97.4 Å². The van der Waals surface area contributed by atoms with Crippen molar-refractivity contribution in [2.75, 3.05) is 5.75 Å². The molecule has 0 bridgehead atoms. The minimum Gasteiger partial charge on any atom is -0.475 e. The van der Waals surface area contributed by atoms with E-state index in [4.69, 9.17) is 9.52 Å². The SMILES string of the molecule is CCSc1c(C(=O)O)oc2c(C)cccc12. The van der Waals surface area contributed by atoms with Crippen molar-refractivity contribution in [3.63, 3.8) is 0 Å². The van der Waals surface area contributed by atoms with Gasteiger partial charge in [-0.1, -0.05) is 19.1 Å². The number of carboxylic acid groups (broad SMARTS) is 1. The average molecular weight is 236 g/mol. The molecule has 1 aromatic carbocycles. The number of fused-ring (bicyclic) bond motifs is 1. The molecule has 84 valence electrons. The second-order valence-electron chi connectivity index (χ2n) is 3.45. The molecule has 0 saturated heterocycles. The number of rotatable bonds is 3. The fourth-order valence-electron chi connectivity index (χ4n) is 1.67. The van der Waals surface area contributed by atoms with Gasteiger partial charge in [-0.25, -0.2) is 4.79 Å². The van der Waals surface area contributed by atoms with Crippen LogP contribution in [0.4, 0.5) is 0 Å². The number of thioether (sulfide) groups is 1. The number of carbonyl (C=O) groups is 1. The van der Waals surface area contributed by atoms with Crippen molar-refractivity contribution >= 4 is 28.7 Å². The van der Waals surface area contributed by atoms with Crippen LogP contribution in [0.1, 0.15) is 23.0 Å². The monoisotopic (exact) mass is 236 g/mol. The molecule has 0 radical (unpaired) electrons. The number of carboxylic acids is 1. The molecule has 0 aliphatic heterocycles. The molecule has 1 aromatic heterocycles. The van der Waals surface area contributed by atoms with E-state index in [1.54, 1.807) is 0 Å². The molecule has 0 saturated carbocycles. The summed E-state index contributed by atoms with van der Waals surface area (Å²) in [6.07, 6.45) is 0. The molecule has 0 amide bonds. The van der Waals surface area contributed by atoms with Crippen molar-refractivity contribution in [3.05, 3.63) is 29.5 Å². The zero-order valence-electron chi connectivity index (χ0n) is 9.11. The Morgan fingerprint density at radius 3 is 2.88 bits per heavy atom. The van der Waals surface area contributed by atoms with E-state index < -0.39 is 5.97 Å². The Kier molecular flexibility index (Phi) is 2.92. The van der Waals surface area contributed by atoms with Gasteiger partial charge in [-0.2, -0.15) is 0 Å². The lowest BCUT2D eigenvalue weighted by atomic mass is 10.2. The van der Waals surface area contributed by atoms with E-state index in [1.165, 1.54) is 11.8 Å². The zero-order valence-corrected chi connectivity index (χ0v) is 9.93. The first-order chi connectivity index (χ1) is 7.65. The van der Waals surface area contributed by atoms with Gasteiger partial charge >= 0.3 is 5.97 Å². The molecular weight excluding hydrogens is 224 g/mol. The second kappa shape index (κ2) is 4.22. The summed E-state index contributed by atoms with van der Waals surface area (Å²) in [5.74, 6) is -0.134. The smallest absolute Gasteiger partial charge is 0.373 e. The predicted molar refractivity (Wildman–Crippen MR) is 64.3 cm³/mol. The minimum absolute atomic E-state index is 0.0520. The van der Waals surface area contributed by atoms with Crippen LogP contribution in [0.3, 0.4) is 0 Å². The number of hydrogen-bond donors (Lipinski definition) is 1. The van der Waals surface area contributed by atoms with Crippen molar-refractivity contribution in [1.29, 1.82) is 0 Å². The Morgan fingerprint density at radius 1 is 1.50 bits per heavy atom. The second-order valence-corrected chi connectivity index (χ2v) is 4.72. The molecule has 0 fully saturated rings. The van der Waals surface area contributed by atoms with Crippen LogP contribution in [-0.2, 0) is 0 Å². The summed E-state index contributed by atoms with van der Waals surface area (Å²) in [4.78, 5) is 11.8. The Bertz CT molecular complexity index is 542. The molecule has 4 heteroatoms. The van der Waals surface area contributed by atoms with E-state index in [9.17, 15) is 4.79 Å². The maximum Gasteiger partial charge on any atom is 0.373 e. The van der Waals surface area contributed by atoms with Crippen molar-refractivity contribution in [1.82, 2.24) is 0 Å². The first kappa shape index (κ1) is 11.1. The molecule has 0 aliphatic carbocycles. The molecule has 16 heavy (non-hydrogen) atoms. The lowest BCUT2D eigenvalue weighted by molar-refractivity contribution is 0.0660. The van der Waals surface area contributed by atoms with Crippen molar-refractivity contribution < 1.29 is 14.3 Å². The Hall–Kier alpha value is -1.42. The molecule has 2 aromatic rings. The molecule has 3 nitrogen and oxygen atoms in total. The first-order valence-corrected chi connectivity index (χ1v) is 6.02. The van der Waals surface area contributed by atoms with Crippen LogP contribution in [0.2, 0.25) is 0 Å². The van der Waals surface area contributed by atoms with E-state index >= 15 is 0 Å². The van der Waals surface area contributed by atoms with Gasteiger partial charge in [0.25, 0.3) is 0 Å². The van der Waals surface area contributed by atoms with Crippen LogP contribution in [0.25, 0.3) is 11.0 Å². The highest BCUT2D eigenvalue weighted by Crippen LogP contribution is 2.35. The quantitative estimate of drug-likeness (QED) is 0.828. The van der Waals surface area contributed by atoms with Crippen molar-refractivity contribution in [2.24, 2.45) is 0 Å². The van der Waals surface area contributed by atoms with Gasteiger partial charge in [-0.3, -0.25) is 0 Å². The van der Waals surface area contributed by atoms with E-state index in [2.05, 4.69) is 0 Å². The van der Waals surface area contributed by atoms with Crippen LogP contribution in [-0.4, -0.2) is 16.8 Å². The lowest BCUT2D eigenvalue weighted by Crippen LogP contribution is -1.95. The molecule has 0 atom stereocenters. The molecule has 1 heterocycles. The largest absolute Gasteiger partial charge is 0.475 e. The van der Waals surface area contributed by atoms with Crippen LogP contribution in [0.5, 0.6) is 0 Å². The van der Waals surface area contributed by atoms with Gasteiger partial charge in [-0.05, 0) is 24.3 Å². The van der Waals surface area contributed by atoms with Gasteiger partial charge in [-0.15, -0.1) is 11.8 Å². The normalized spacial score (nSPS) is 10.9. The van der Waals surface area contributed by atoms with Gasteiger partial charge in [0.2, 0.25) is 5.76 Å². The van der Waals surface area contributed by atoms with E-state index in [0.717, 1.165) is 21.6 Å². The summed E-state index contributed by atoms with van der Waals surface area (Å²) in [7, 11) is 0. The van der Waals surface area contributed by atoms with Crippen LogP contribution < -0.4 is 0 Å². The Morgan fingerprint density at radius 2 is 2.25 bits per heavy atom. The van der Waals surface area contributed by atoms with E-state index in [-0.39, 0.29) is 5.76 Å². The van der Waals surface area contributed by atoms with Crippen molar-refractivity contribution in [3.8, 4) is 0 Å². The van der Waals surface area contributed by atoms with Gasteiger partial charge in [0, 0.05) is 5.39 Å². The number of hydrogen-bond acceptors (Lipinski definition) is 3. The van der Waals surface area contributed by atoms with Gasteiger partial charge in [0.05, 0.1) is 4.90 Å². The minimum atomic E-state index is -1.01. The molecule has 2 rings (SSSR count). The average Bonchev–Trinajstić information content (AvgIpc) is 2.60. The number of aromatic carboxylic acids is 1. The fraction of sp³-hybridized carbons (Fsp3) is 0.250. The highest BCUT2D eigenvalue weighted by Gasteiger charge is 2.20. The van der Waals surface area contributed by atoms with Gasteiger partial charge in [0.15, 0.2) is 0 Å². The highest BCUT2D eigenvalue weighted by atomic mass is 32.2. The predicted octanol–water partition coefficient (Wildman–Crippen LogP) is 3.55. The molecule has 1 N–H and O–H groups in total. The summed E-state index contributed by atoms with van der Waals surface area (Å²) in [5, 5.41) is 9.97. The zero-order chi connectivity index (χ0) is 11.7. The summed E-state index contributed by atoms with van der Waals surface area (Å²) < 4.78 is 5.42. The lowest BCUT2D eigenvalue weighted by Gasteiger charge is -1.96.